The van der Waals surface area contributed by atoms with Gasteiger partial charge in [-0.2, -0.15) is 5.10 Å². The molecule has 0 atom stereocenters. The highest BCUT2D eigenvalue weighted by atomic mass is 19.1. The third kappa shape index (κ3) is 4.88. The summed E-state index contributed by atoms with van der Waals surface area (Å²) in [6.45, 7) is 3.10. The van der Waals surface area contributed by atoms with Crippen LogP contribution in [-0.4, -0.2) is 59.4 Å². The summed E-state index contributed by atoms with van der Waals surface area (Å²) in [4.78, 5) is 26.9. The number of hydrogen-bond donors (Lipinski definition) is 2. The van der Waals surface area contributed by atoms with Crippen LogP contribution in [0.1, 0.15) is 47.3 Å². The lowest BCUT2D eigenvalue weighted by Gasteiger charge is -2.35. The molecular formula is C26H29FN4O3. The SMILES string of the molecule is O=C(c1cc(Cc2n[nH]c(=O)c3ccccc23)ccc1F)N1CCC(OC2CCNCC2)CC1. The predicted molar refractivity (Wildman–Crippen MR) is 127 cm³/mol. The van der Waals surface area contributed by atoms with Gasteiger partial charge in [0, 0.05) is 24.9 Å². The molecule has 0 saturated carbocycles. The van der Waals surface area contributed by atoms with E-state index in [0.29, 0.717) is 36.7 Å². The summed E-state index contributed by atoms with van der Waals surface area (Å²) in [7, 11) is 0. The zero-order valence-corrected chi connectivity index (χ0v) is 19.1. The molecule has 2 saturated heterocycles. The zero-order chi connectivity index (χ0) is 23.5. The van der Waals surface area contributed by atoms with E-state index in [1.54, 1.807) is 29.2 Å². The number of aromatic amines is 1. The van der Waals surface area contributed by atoms with Crippen molar-refractivity contribution < 1.29 is 13.9 Å². The van der Waals surface area contributed by atoms with Gasteiger partial charge in [0.25, 0.3) is 11.5 Å². The van der Waals surface area contributed by atoms with Crippen LogP contribution >= 0.6 is 0 Å². The Morgan fingerprint density at radius 2 is 1.74 bits per heavy atom. The van der Waals surface area contributed by atoms with Crippen molar-refractivity contribution in [3.63, 3.8) is 0 Å². The van der Waals surface area contributed by atoms with Gasteiger partial charge in [-0.25, -0.2) is 9.49 Å². The maximum absolute atomic E-state index is 14.7. The molecule has 1 aromatic heterocycles. The minimum absolute atomic E-state index is 0.0731. The third-order valence-electron chi connectivity index (χ3n) is 6.81. The fourth-order valence-electron chi connectivity index (χ4n) is 4.91. The Morgan fingerprint density at radius 1 is 1.03 bits per heavy atom. The van der Waals surface area contributed by atoms with E-state index >= 15 is 0 Å². The summed E-state index contributed by atoms with van der Waals surface area (Å²) in [6, 6.07) is 11.9. The van der Waals surface area contributed by atoms with Gasteiger partial charge in [0.2, 0.25) is 0 Å². The number of aromatic nitrogens is 2. The summed E-state index contributed by atoms with van der Waals surface area (Å²) in [5.74, 6) is -0.819. The van der Waals surface area contributed by atoms with Gasteiger partial charge < -0.3 is 15.0 Å². The van der Waals surface area contributed by atoms with Crippen molar-refractivity contribution >= 4 is 16.7 Å². The van der Waals surface area contributed by atoms with Crippen LogP contribution in [-0.2, 0) is 11.2 Å². The quantitative estimate of drug-likeness (QED) is 0.606. The summed E-state index contributed by atoms with van der Waals surface area (Å²) >= 11 is 0. The molecule has 2 aliphatic rings. The molecule has 3 heterocycles. The molecule has 8 heteroatoms. The number of nitrogens with one attached hydrogen (secondary N) is 2. The second-order valence-corrected chi connectivity index (χ2v) is 9.11. The maximum atomic E-state index is 14.7. The number of halogens is 1. The second-order valence-electron chi connectivity index (χ2n) is 9.11. The van der Waals surface area contributed by atoms with Crippen LogP contribution < -0.4 is 10.9 Å². The Labute approximate surface area is 197 Å². The first-order valence-electron chi connectivity index (χ1n) is 12.0. The smallest absolute Gasteiger partial charge is 0.272 e. The molecule has 178 valence electrons. The van der Waals surface area contributed by atoms with Crippen molar-refractivity contribution in [1.29, 1.82) is 0 Å². The van der Waals surface area contributed by atoms with Crippen molar-refractivity contribution in [2.45, 2.75) is 44.3 Å². The lowest BCUT2D eigenvalue weighted by atomic mass is 10.0. The van der Waals surface area contributed by atoms with Crippen molar-refractivity contribution in [3.8, 4) is 0 Å². The minimum atomic E-state index is -0.527. The van der Waals surface area contributed by atoms with Crippen molar-refractivity contribution in [2.75, 3.05) is 26.2 Å². The first kappa shape index (κ1) is 22.7. The van der Waals surface area contributed by atoms with Gasteiger partial charge in [-0.05, 0) is 62.5 Å². The molecule has 1 amide bonds. The molecule has 2 N–H and O–H groups in total. The number of hydrogen-bond acceptors (Lipinski definition) is 5. The summed E-state index contributed by atoms with van der Waals surface area (Å²) < 4.78 is 20.9. The minimum Gasteiger partial charge on any atom is -0.375 e. The van der Waals surface area contributed by atoms with E-state index in [0.717, 1.165) is 49.7 Å². The van der Waals surface area contributed by atoms with Crippen LogP contribution in [0.5, 0.6) is 0 Å². The number of rotatable bonds is 5. The summed E-state index contributed by atoms with van der Waals surface area (Å²) in [6.07, 6.45) is 4.41. The van der Waals surface area contributed by atoms with Gasteiger partial charge in [-0.15, -0.1) is 0 Å². The molecule has 2 aromatic carbocycles. The fraction of sp³-hybridized carbons (Fsp3) is 0.423. The Bertz CT molecular complexity index is 1230. The number of fused-ring (bicyclic) bond motifs is 1. The van der Waals surface area contributed by atoms with Gasteiger partial charge in [0.05, 0.1) is 28.9 Å². The van der Waals surface area contributed by atoms with Crippen LogP contribution in [0.3, 0.4) is 0 Å². The highest BCUT2D eigenvalue weighted by Crippen LogP contribution is 2.23. The second kappa shape index (κ2) is 10.0. The van der Waals surface area contributed by atoms with E-state index in [1.807, 2.05) is 12.1 Å². The molecule has 0 spiro atoms. The lowest BCUT2D eigenvalue weighted by molar-refractivity contribution is -0.0500. The monoisotopic (exact) mass is 464 g/mol. The highest BCUT2D eigenvalue weighted by molar-refractivity contribution is 5.95. The molecule has 0 unspecified atom stereocenters. The molecule has 5 rings (SSSR count). The lowest BCUT2D eigenvalue weighted by Crippen LogP contribution is -2.43. The summed E-state index contributed by atoms with van der Waals surface area (Å²) in [5, 5.41) is 11.4. The third-order valence-corrected chi connectivity index (χ3v) is 6.81. The number of carbonyl (C=O) groups excluding carboxylic acids is 1. The van der Waals surface area contributed by atoms with Gasteiger partial charge in [0.15, 0.2) is 0 Å². The van der Waals surface area contributed by atoms with E-state index < -0.39 is 5.82 Å². The van der Waals surface area contributed by atoms with Crippen LogP contribution in [0.25, 0.3) is 10.8 Å². The molecule has 0 aliphatic carbocycles. The number of carbonyl (C=O) groups is 1. The largest absolute Gasteiger partial charge is 0.375 e. The molecule has 0 radical (unpaired) electrons. The standard InChI is InChI=1S/C26H29FN4O3/c27-23-6-5-17(16-24-20-3-1-2-4-21(20)25(32)30-29-24)15-22(23)26(33)31-13-9-19(10-14-31)34-18-7-11-28-12-8-18/h1-6,15,18-19,28H,7-14,16H2,(H,30,32). The Morgan fingerprint density at radius 3 is 2.50 bits per heavy atom. The molecule has 2 fully saturated rings. The van der Waals surface area contributed by atoms with Gasteiger partial charge in [0.1, 0.15) is 5.82 Å². The Balaban J connectivity index is 1.27. The number of benzene rings is 2. The molecule has 3 aromatic rings. The van der Waals surface area contributed by atoms with Crippen molar-refractivity contribution in [1.82, 2.24) is 20.4 Å². The fourth-order valence-corrected chi connectivity index (χ4v) is 4.91. The van der Waals surface area contributed by atoms with Gasteiger partial charge in [-0.3, -0.25) is 9.59 Å². The number of ether oxygens (including phenoxy) is 1. The predicted octanol–water partition coefficient (Wildman–Crippen LogP) is 3.03. The van der Waals surface area contributed by atoms with Gasteiger partial charge in [-0.1, -0.05) is 24.3 Å². The number of amides is 1. The first-order chi connectivity index (χ1) is 16.6. The Kier molecular flexibility index (Phi) is 6.69. The number of likely N-dealkylation sites (tertiary alicyclic amines) is 1. The highest BCUT2D eigenvalue weighted by Gasteiger charge is 2.28. The van der Waals surface area contributed by atoms with Crippen LogP contribution in [0.15, 0.2) is 47.3 Å². The van der Waals surface area contributed by atoms with E-state index in [1.165, 1.54) is 6.07 Å². The molecule has 0 bridgehead atoms. The average Bonchev–Trinajstić information content (AvgIpc) is 2.88. The number of piperidine rings is 2. The number of nitrogens with zero attached hydrogens (tertiary/aromatic N) is 2. The molecule has 2 aliphatic heterocycles. The zero-order valence-electron chi connectivity index (χ0n) is 19.1. The maximum Gasteiger partial charge on any atom is 0.272 e. The Hall–Kier alpha value is -3.10. The molecular weight excluding hydrogens is 435 g/mol. The van der Waals surface area contributed by atoms with E-state index in [4.69, 9.17) is 4.74 Å². The number of H-pyrrole nitrogens is 1. The van der Waals surface area contributed by atoms with Crippen LogP contribution in [0, 0.1) is 5.82 Å². The summed E-state index contributed by atoms with van der Waals surface area (Å²) in [5.41, 5.74) is 1.26. The van der Waals surface area contributed by atoms with Crippen molar-refractivity contribution in [2.24, 2.45) is 0 Å². The molecule has 34 heavy (non-hydrogen) atoms. The average molecular weight is 465 g/mol. The topological polar surface area (TPSA) is 87.3 Å². The van der Waals surface area contributed by atoms with E-state index in [2.05, 4.69) is 15.5 Å². The van der Waals surface area contributed by atoms with Crippen LogP contribution in [0.2, 0.25) is 0 Å². The van der Waals surface area contributed by atoms with Crippen LogP contribution in [0.4, 0.5) is 4.39 Å². The first-order valence-corrected chi connectivity index (χ1v) is 12.0. The van der Waals surface area contributed by atoms with E-state index in [9.17, 15) is 14.0 Å². The molecule has 7 nitrogen and oxygen atoms in total. The normalized spacial score (nSPS) is 17.9. The van der Waals surface area contributed by atoms with Crippen molar-refractivity contribution in [3.05, 3.63) is 75.5 Å². The van der Waals surface area contributed by atoms with Gasteiger partial charge >= 0.3 is 0 Å². The van der Waals surface area contributed by atoms with E-state index in [-0.39, 0.29) is 23.1 Å².